The smallest absolute Gasteiger partial charge is 0.337 e. The number of hydrogen-bond acceptors (Lipinski definition) is 7. The minimum Gasteiger partial charge on any atom is -0.465 e. The normalized spacial score (nSPS) is 13.2. The Labute approximate surface area is 169 Å². The fraction of sp³-hybridized carbons (Fsp3) is 0.227. The van der Waals surface area contributed by atoms with E-state index >= 15 is 0 Å². The number of carbonyl (C=O) groups is 1. The van der Waals surface area contributed by atoms with Gasteiger partial charge in [-0.15, -0.1) is 0 Å². The highest BCUT2D eigenvalue weighted by atomic mass is 16.5. The minimum atomic E-state index is -0.360. The van der Waals surface area contributed by atoms with E-state index in [9.17, 15) is 4.79 Å². The van der Waals surface area contributed by atoms with Gasteiger partial charge in [0.05, 0.1) is 12.7 Å². The Balaban J connectivity index is 1.41. The molecule has 1 aliphatic rings. The molecule has 0 amide bonds. The van der Waals surface area contributed by atoms with Gasteiger partial charge in [-0.25, -0.2) is 14.8 Å². The van der Waals surface area contributed by atoms with Crippen molar-refractivity contribution in [1.29, 1.82) is 0 Å². The van der Waals surface area contributed by atoms with Crippen LogP contribution in [0.25, 0.3) is 0 Å². The standard InChI is InChI=1S/C22H23N5O2/c1-29-22(28)16-4-6-17(7-5-16)25-20-14-21(24-15-23-20)26-18-8-10-19(11-9-18)27-12-2-3-13-27/h4-11,14-15H,2-3,12-13H2,1H3,(H2,23,24,25,26). The van der Waals surface area contributed by atoms with Gasteiger partial charge >= 0.3 is 5.97 Å². The predicted molar refractivity (Wildman–Crippen MR) is 114 cm³/mol. The van der Waals surface area contributed by atoms with Crippen molar-refractivity contribution in [2.45, 2.75) is 12.8 Å². The van der Waals surface area contributed by atoms with Crippen LogP contribution in [0.3, 0.4) is 0 Å². The molecule has 0 aliphatic carbocycles. The molecule has 3 aromatic rings. The van der Waals surface area contributed by atoms with E-state index in [1.807, 2.05) is 6.07 Å². The van der Waals surface area contributed by atoms with Crippen molar-refractivity contribution in [2.24, 2.45) is 0 Å². The van der Waals surface area contributed by atoms with Crippen molar-refractivity contribution in [3.05, 3.63) is 66.5 Å². The SMILES string of the molecule is COC(=O)c1ccc(Nc2cc(Nc3ccc(N4CCCC4)cc3)ncn2)cc1. The molecule has 7 heteroatoms. The molecule has 0 spiro atoms. The molecule has 1 fully saturated rings. The molecule has 1 aliphatic heterocycles. The second-order valence-corrected chi connectivity index (χ2v) is 6.85. The molecule has 0 saturated carbocycles. The number of aromatic nitrogens is 2. The number of nitrogens with one attached hydrogen (secondary N) is 2. The molecule has 7 nitrogen and oxygen atoms in total. The highest BCUT2D eigenvalue weighted by Gasteiger charge is 2.12. The molecule has 2 N–H and O–H groups in total. The van der Waals surface area contributed by atoms with Crippen molar-refractivity contribution in [3.8, 4) is 0 Å². The Hall–Kier alpha value is -3.61. The summed E-state index contributed by atoms with van der Waals surface area (Å²) >= 11 is 0. The number of rotatable bonds is 6. The zero-order valence-corrected chi connectivity index (χ0v) is 16.3. The van der Waals surface area contributed by atoms with Gasteiger partial charge in [0.15, 0.2) is 0 Å². The maximum absolute atomic E-state index is 11.5. The highest BCUT2D eigenvalue weighted by Crippen LogP contribution is 2.24. The molecule has 2 heterocycles. The van der Waals surface area contributed by atoms with Crippen molar-refractivity contribution < 1.29 is 9.53 Å². The third kappa shape index (κ3) is 4.63. The van der Waals surface area contributed by atoms with Gasteiger partial charge in [0.2, 0.25) is 0 Å². The van der Waals surface area contributed by atoms with E-state index in [-0.39, 0.29) is 5.97 Å². The second kappa shape index (κ2) is 8.60. The van der Waals surface area contributed by atoms with Crippen LogP contribution in [-0.4, -0.2) is 36.1 Å². The van der Waals surface area contributed by atoms with Crippen LogP contribution >= 0.6 is 0 Å². The number of esters is 1. The number of hydrogen-bond donors (Lipinski definition) is 2. The van der Waals surface area contributed by atoms with Gasteiger partial charge in [0.1, 0.15) is 18.0 Å². The van der Waals surface area contributed by atoms with Crippen molar-refractivity contribution in [2.75, 3.05) is 35.7 Å². The Bertz CT molecular complexity index is 967. The molecule has 0 unspecified atom stereocenters. The minimum absolute atomic E-state index is 0.360. The fourth-order valence-corrected chi connectivity index (χ4v) is 3.33. The summed E-state index contributed by atoms with van der Waals surface area (Å²) in [6.07, 6.45) is 4.04. The molecule has 148 valence electrons. The van der Waals surface area contributed by atoms with E-state index < -0.39 is 0 Å². The van der Waals surface area contributed by atoms with Gasteiger partial charge < -0.3 is 20.3 Å². The van der Waals surface area contributed by atoms with E-state index in [0.29, 0.717) is 17.2 Å². The Morgan fingerprint density at radius 3 is 2.00 bits per heavy atom. The van der Waals surface area contributed by atoms with E-state index in [1.54, 1.807) is 24.3 Å². The Kier molecular flexibility index (Phi) is 5.56. The predicted octanol–water partition coefficient (Wildman–Crippen LogP) is 4.35. The average molecular weight is 389 g/mol. The third-order valence-electron chi connectivity index (χ3n) is 4.86. The zero-order chi connectivity index (χ0) is 20.1. The van der Waals surface area contributed by atoms with Crippen LogP contribution in [0.2, 0.25) is 0 Å². The van der Waals surface area contributed by atoms with Crippen LogP contribution in [0, 0.1) is 0 Å². The second-order valence-electron chi connectivity index (χ2n) is 6.85. The Morgan fingerprint density at radius 1 is 0.897 bits per heavy atom. The first-order valence-electron chi connectivity index (χ1n) is 9.61. The number of anilines is 5. The fourth-order valence-electron chi connectivity index (χ4n) is 3.33. The molecular weight excluding hydrogens is 366 g/mol. The van der Waals surface area contributed by atoms with E-state index in [0.717, 1.165) is 24.5 Å². The first-order valence-corrected chi connectivity index (χ1v) is 9.61. The lowest BCUT2D eigenvalue weighted by Crippen LogP contribution is -2.17. The number of methoxy groups -OCH3 is 1. The lowest BCUT2D eigenvalue weighted by molar-refractivity contribution is 0.0601. The van der Waals surface area contributed by atoms with Gasteiger partial charge in [0.25, 0.3) is 0 Å². The molecule has 29 heavy (non-hydrogen) atoms. The maximum atomic E-state index is 11.5. The van der Waals surface area contributed by atoms with Gasteiger partial charge in [-0.1, -0.05) is 0 Å². The third-order valence-corrected chi connectivity index (χ3v) is 4.86. The summed E-state index contributed by atoms with van der Waals surface area (Å²) in [6, 6.07) is 17.3. The van der Waals surface area contributed by atoms with Gasteiger partial charge in [-0.2, -0.15) is 0 Å². The summed E-state index contributed by atoms with van der Waals surface area (Å²) in [4.78, 5) is 22.5. The summed E-state index contributed by atoms with van der Waals surface area (Å²) in [5, 5.41) is 6.52. The number of carbonyl (C=O) groups excluding carboxylic acids is 1. The van der Waals surface area contributed by atoms with E-state index in [2.05, 4.69) is 49.8 Å². The van der Waals surface area contributed by atoms with Crippen molar-refractivity contribution >= 4 is 34.7 Å². The number of benzene rings is 2. The molecule has 1 aromatic heterocycles. The van der Waals surface area contributed by atoms with Crippen LogP contribution in [0.15, 0.2) is 60.9 Å². The van der Waals surface area contributed by atoms with Crippen LogP contribution in [-0.2, 0) is 4.74 Å². The quantitative estimate of drug-likeness (QED) is 0.607. The van der Waals surface area contributed by atoms with Gasteiger partial charge in [0, 0.05) is 36.2 Å². The lowest BCUT2D eigenvalue weighted by Gasteiger charge is -2.18. The van der Waals surface area contributed by atoms with Gasteiger partial charge in [-0.05, 0) is 61.4 Å². The van der Waals surface area contributed by atoms with Crippen LogP contribution < -0.4 is 15.5 Å². The maximum Gasteiger partial charge on any atom is 0.337 e. The molecule has 0 radical (unpaired) electrons. The summed E-state index contributed by atoms with van der Waals surface area (Å²) < 4.78 is 4.71. The monoisotopic (exact) mass is 389 g/mol. The molecule has 0 bridgehead atoms. The topological polar surface area (TPSA) is 79.4 Å². The van der Waals surface area contributed by atoms with E-state index in [4.69, 9.17) is 4.74 Å². The summed E-state index contributed by atoms with van der Waals surface area (Å²) in [5.74, 6) is 0.991. The number of nitrogens with zero attached hydrogens (tertiary/aromatic N) is 3. The van der Waals surface area contributed by atoms with Crippen molar-refractivity contribution in [1.82, 2.24) is 9.97 Å². The first-order chi connectivity index (χ1) is 14.2. The molecule has 2 aromatic carbocycles. The summed E-state index contributed by atoms with van der Waals surface area (Å²) in [5.41, 5.74) is 3.55. The van der Waals surface area contributed by atoms with Crippen LogP contribution in [0.4, 0.5) is 28.7 Å². The summed E-state index contributed by atoms with van der Waals surface area (Å²) in [6.45, 7) is 2.27. The molecule has 4 rings (SSSR count). The zero-order valence-electron chi connectivity index (χ0n) is 16.3. The van der Waals surface area contributed by atoms with Gasteiger partial charge in [-0.3, -0.25) is 0 Å². The largest absolute Gasteiger partial charge is 0.465 e. The summed E-state index contributed by atoms with van der Waals surface area (Å²) in [7, 11) is 1.36. The van der Waals surface area contributed by atoms with Crippen LogP contribution in [0.1, 0.15) is 23.2 Å². The van der Waals surface area contributed by atoms with Crippen LogP contribution in [0.5, 0.6) is 0 Å². The molecule has 1 saturated heterocycles. The lowest BCUT2D eigenvalue weighted by atomic mass is 10.2. The molecule has 0 atom stereocenters. The van der Waals surface area contributed by atoms with E-state index in [1.165, 1.54) is 32.0 Å². The first kappa shape index (κ1) is 18.7. The average Bonchev–Trinajstić information content (AvgIpc) is 3.29. The Morgan fingerprint density at radius 2 is 1.45 bits per heavy atom. The highest BCUT2D eigenvalue weighted by molar-refractivity contribution is 5.89. The van der Waals surface area contributed by atoms with Crippen molar-refractivity contribution in [3.63, 3.8) is 0 Å². The number of ether oxygens (including phenoxy) is 1. The molecular formula is C22H23N5O2.